The van der Waals surface area contributed by atoms with Crippen LogP contribution in [0.5, 0.6) is 5.88 Å². The highest BCUT2D eigenvalue weighted by Crippen LogP contribution is 2.50. The van der Waals surface area contributed by atoms with Crippen LogP contribution in [0, 0.1) is 11.8 Å². The molecule has 15 heteroatoms. The van der Waals surface area contributed by atoms with Gasteiger partial charge in [-0.3, -0.25) is 0 Å². The van der Waals surface area contributed by atoms with Gasteiger partial charge in [-0.1, -0.05) is 18.1 Å². The van der Waals surface area contributed by atoms with Crippen LogP contribution in [0.15, 0.2) is 45.9 Å². The van der Waals surface area contributed by atoms with Crippen molar-refractivity contribution in [3.05, 3.63) is 46.6 Å². The second kappa shape index (κ2) is 9.73. The number of piperazine rings is 1. The monoisotopic (exact) mass is 601 g/mol. The van der Waals surface area contributed by atoms with Crippen molar-refractivity contribution in [2.24, 2.45) is 0 Å². The summed E-state index contributed by atoms with van der Waals surface area (Å²) in [7, 11) is -4.06. The summed E-state index contributed by atoms with van der Waals surface area (Å²) in [6, 6.07) is 3.39. The Labute approximate surface area is 210 Å². The molecule has 196 valence electrons. The largest absolute Gasteiger partial charge is 0.492 e. The van der Waals surface area contributed by atoms with Gasteiger partial charge < -0.3 is 15.1 Å². The second-order valence-electron chi connectivity index (χ2n) is 7.70. The molecule has 1 aromatic heterocycles. The highest BCUT2D eigenvalue weighted by atomic mass is 79.9. The summed E-state index contributed by atoms with van der Waals surface area (Å²) in [5.74, 6) is 5.03. The average molecular weight is 602 g/mol. The fourth-order valence-corrected chi connectivity index (χ4v) is 5.57. The molecule has 0 spiro atoms. The number of hydrogen-bond donors (Lipinski definition) is 2. The van der Waals surface area contributed by atoms with E-state index in [4.69, 9.17) is 0 Å². The van der Waals surface area contributed by atoms with E-state index in [-0.39, 0.29) is 34.7 Å². The molecular formula is C21H18BrF6N3O4S. The summed E-state index contributed by atoms with van der Waals surface area (Å²) < 4.78 is 106. The van der Waals surface area contributed by atoms with E-state index in [1.165, 1.54) is 17.9 Å². The molecular weight excluding hydrogens is 584 g/mol. The zero-order valence-corrected chi connectivity index (χ0v) is 20.7. The van der Waals surface area contributed by atoms with E-state index in [0.29, 0.717) is 12.1 Å². The van der Waals surface area contributed by atoms with Crippen LogP contribution in [0.4, 0.5) is 32.0 Å². The molecule has 1 aromatic carbocycles. The third-order valence-electron chi connectivity index (χ3n) is 5.53. The number of sulfonamides is 1. The molecule has 0 saturated carbocycles. The van der Waals surface area contributed by atoms with Crippen molar-refractivity contribution >= 4 is 31.6 Å². The average Bonchev–Trinajstić information content (AvgIpc) is 2.79. The van der Waals surface area contributed by atoms with Crippen molar-refractivity contribution in [1.29, 1.82) is 0 Å². The quantitative estimate of drug-likeness (QED) is 0.409. The highest BCUT2D eigenvalue weighted by Gasteiger charge is 2.71. The van der Waals surface area contributed by atoms with Crippen LogP contribution in [0.1, 0.15) is 12.5 Å². The predicted octanol–water partition coefficient (Wildman–Crippen LogP) is 3.76. The topological polar surface area (TPSA) is 94.0 Å². The summed E-state index contributed by atoms with van der Waals surface area (Å²) in [4.78, 5) is 4.94. The van der Waals surface area contributed by atoms with Crippen LogP contribution in [-0.4, -0.2) is 65.9 Å². The van der Waals surface area contributed by atoms with Crippen molar-refractivity contribution in [1.82, 2.24) is 9.29 Å². The van der Waals surface area contributed by atoms with Crippen LogP contribution >= 0.6 is 15.9 Å². The Morgan fingerprint density at radius 1 is 1.08 bits per heavy atom. The Bertz CT molecular complexity index is 1280. The minimum absolute atomic E-state index is 0.00736. The van der Waals surface area contributed by atoms with Crippen molar-refractivity contribution in [2.75, 3.05) is 24.5 Å². The van der Waals surface area contributed by atoms with Crippen LogP contribution in [0.25, 0.3) is 0 Å². The third-order valence-corrected chi connectivity index (χ3v) is 7.94. The first-order chi connectivity index (χ1) is 16.5. The number of aliphatic hydroxyl groups is 1. The van der Waals surface area contributed by atoms with Gasteiger partial charge in [0.2, 0.25) is 15.9 Å². The van der Waals surface area contributed by atoms with Gasteiger partial charge in [0.1, 0.15) is 10.9 Å². The summed E-state index contributed by atoms with van der Waals surface area (Å²) in [6.45, 7) is 1.24. The number of alkyl halides is 6. The molecule has 2 N–H and O–H groups in total. The number of halogens is 7. The van der Waals surface area contributed by atoms with Crippen molar-refractivity contribution in [3.63, 3.8) is 0 Å². The summed E-state index contributed by atoms with van der Waals surface area (Å²) >= 11 is 3.00. The molecule has 0 amide bonds. The lowest BCUT2D eigenvalue weighted by Gasteiger charge is -2.40. The molecule has 0 aliphatic carbocycles. The molecule has 2 heterocycles. The summed E-state index contributed by atoms with van der Waals surface area (Å²) in [5.41, 5.74) is -6.28. The van der Waals surface area contributed by atoms with E-state index >= 15 is 0 Å². The molecule has 1 atom stereocenters. The SMILES string of the molecule is CC#C[C@H]1CN(S(=O)(=O)c2cnc(O)c(Br)c2)CCN1c1ccc(C(O)(C(F)(F)F)C(F)(F)F)cc1. The van der Waals surface area contributed by atoms with Gasteiger partial charge in [-0.2, -0.15) is 30.6 Å². The molecule has 0 bridgehead atoms. The molecule has 1 aliphatic heterocycles. The molecule has 0 radical (unpaired) electrons. The van der Waals surface area contributed by atoms with Gasteiger partial charge in [-0.15, -0.1) is 5.92 Å². The summed E-state index contributed by atoms with van der Waals surface area (Å²) in [5, 5.41) is 19.1. The van der Waals surface area contributed by atoms with Gasteiger partial charge in [0, 0.05) is 30.9 Å². The maximum absolute atomic E-state index is 13.2. The standard InChI is InChI=1S/C21H18BrF6N3O4S/c1-2-3-15-12-30(36(34,35)16-10-17(22)18(32)29-11-16)8-9-31(15)14-6-4-13(5-7-14)19(33,20(23,24)25)21(26,27)28/h4-7,10-11,15,33H,8-9,12H2,1H3,(H,29,32)/t15-/m0/s1. The van der Waals surface area contributed by atoms with Crippen LogP contribution in [-0.2, 0) is 15.6 Å². The van der Waals surface area contributed by atoms with Gasteiger partial charge >= 0.3 is 12.4 Å². The Morgan fingerprint density at radius 2 is 1.67 bits per heavy atom. The van der Waals surface area contributed by atoms with Crippen LogP contribution in [0.3, 0.4) is 0 Å². The first-order valence-electron chi connectivity index (χ1n) is 10.0. The van der Waals surface area contributed by atoms with E-state index in [1.807, 2.05) is 0 Å². The van der Waals surface area contributed by atoms with Crippen LogP contribution in [0.2, 0.25) is 0 Å². The fraction of sp³-hybridized carbons (Fsp3) is 0.381. The van der Waals surface area contributed by atoms with Gasteiger partial charge in [0.25, 0.3) is 5.60 Å². The lowest BCUT2D eigenvalue weighted by molar-refractivity contribution is -0.376. The third kappa shape index (κ3) is 4.99. The Balaban J connectivity index is 1.90. The lowest BCUT2D eigenvalue weighted by atomic mass is 9.92. The smallest absolute Gasteiger partial charge is 0.430 e. The van der Waals surface area contributed by atoms with E-state index in [2.05, 4.69) is 32.8 Å². The van der Waals surface area contributed by atoms with Crippen molar-refractivity contribution in [3.8, 4) is 17.7 Å². The maximum atomic E-state index is 13.2. The zero-order valence-electron chi connectivity index (χ0n) is 18.3. The number of benzene rings is 1. The number of anilines is 1. The Morgan fingerprint density at radius 3 is 2.17 bits per heavy atom. The minimum atomic E-state index is -6.01. The predicted molar refractivity (Wildman–Crippen MR) is 119 cm³/mol. The number of rotatable bonds is 4. The highest BCUT2D eigenvalue weighted by molar-refractivity contribution is 9.10. The second-order valence-corrected chi connectivity index (χ2v) is 10.5. The molecule has 1 aliphatic rings. The molecule has 2 aromatic rings. The van der Waals surface area contributed by atoms with E-state index in [1.54, 1.807) is 0 Å². The van der Waals surface area contributed by atoms with Crippen molar-refractivity contribution in [2.45, 2.75) is 35.8 Å². The summed E-state index contributed by atoms with van der Waals surface area (Å²) in [6.07, 6.45) is -11.1. The fourth-order valence-electron chi connectivity index (χ4n) is 3.66. The van der Waals surface area contributed by atoms with Gasteiger partial charge in [0.15, 0.2) is 0 Å². The zero-order chi connectivity index (χ0) is 27.1. The molecule has 3 rings (SSSR count). The van der Waals surface area contributed by atoms with Gasteiger partial charge in [0.05, 0.1) is 10.7 Å². The molecule has 1 saturated heterocycles. The number of aromatic nitrogens is 1. The number of aromatic hydroxyl groups is 1. The molecule has 1 fully saturated rings. The van der Waals surface area contributed by atoms with Gasteiger partial charge in [-0.25, -0.2) is 13.4 Å². The van der Waals surface area contributed by atoms with Crippen LogP contribution < -0.4 is 4.90 Å². The number of pyridine rings is 1. The van der Waals surface area contributed by atoms with E-state index in [0.717, 1.165) is 22.6 Å². The van der Waals surface area contributed by atoms with E-state index in [9.17, 15) is 45.0 Å². The normalized spacial score (nSPS) is 18.0. The van der Waals surface area contributed by atoms with Crippen molar-refractivity contribution < 1.29 is 45.0 Å². The number of hydrogen-bond acceptors (Lipinski definition) is 6. The molecule has 7 nitrogen and oxygen atoms in total. The molecule has 36 heavy (non-hydrogen) atoms. The first kappa shape index (κ1) is 28.0. The Hall–Kier alpha value is -2.54. The first-order valence-corrected chi connectivity index (χ1v) is 12.3. The minimum Gasteiger partial charge on any atom is -0.492 e. The van der Waals surface area contributed by atoms with E-state index < -0.39 is 45.5 Å². The molecule has 0 unspecified atom stereocenters. The Kier molecular flexibility index (Phi) is 7.58. The lowest BCUT2D eigenvalue weighted by Crippen LogP contribution is -2.55. The number of nitrogens with zero attached hydrogens (tertiary/aromatic N) is 3. The van der Waals surface area contributed by atoms with Gasteiger partial charge in [-0.05, 0) is 41.1 Å². The maximum Gasteiger partial charge on any atom is 0.430 e.